The number of benzene rings is 1. The Morgan fingerprint density at radius 1 is 1.33 bits per heavy atom. The zero-order chi connectivity index (χ0) is 8.97. The Labute approximate surface area is 71.2 Å². The van der Waals surface area contributed by atoms with Gasteiger partial charge in [0.1, 0.15) is 12.1 Å². The van der Waals surface area contributed by atoms with Crippen LogP contribution in [0.15, 0.2) is 24.3 Å². The van der Waals surface area contributed by atoms with E-state index in [1.54, 1.807) is 12.1 Å². The van der Waals surface area contributed by atoms with E-state index in [0.29, 0.717) is 0 Å². The summed E-state index contributed by atoms with van der Waals surface area (Å²) in [4.78, 5) is 10.1. The lowest BCUT2D eigenvalue weighted by Crippen LogP contribution is -1.94. The van der Waals surface area contributed by atoms with Gasteiger partial charge in [-0.25, -0.2) is 4.39 Å². The van der Waals surface area contributed by atoms with Crippen LogP contribution in [0.25, 0.3) is 0 Å². The first-order valence-corrected chi connectivity index (χ1v) is 3.78. The highest BCUT2D eigenvalue weighted by Gasteiger charge is 2.03. The van der Waals surface area contributed by atoms with Gasteiger partial charge < -0.3 is 4.79 Å². The average Bonchev–Trinajstić information content (AvgIpc) is 2.06. The van der Waals surface area contributed by atoms with E-state index in [4.69, 9.17) is 0 Å². The topological polar surface area (TPSA) is 17.1 Å². The molecule has 0 heterocycles. The van der Waals surface area contributed by atoms with E-state index in [-0.39, 0.29) is 11.7 Å². The molecule has 1 rings (SSSR count). The van der Waals surface area contributed by atoms with Crippen LogP contribution in [0.5, 0.6) is 0 Å². The fourth-order valence-electron chi connectivity index (χ4n) is 0.995. The highest BCUT2D eigenvalue weighted by molar-refractivity contribution is 5.63. The Hall–Kier alpha value is -1.18. The van der Waals surface area contributed by atoms with Gasteiger partial charge in [-0.3, -0.25) is 0 Å². The summed E-state index contributed by atoms with van der Waals surface area (Å²) in [6.45, 7) is 1.89. The molecule has 0 saturated carbocycles. The molecule has 1 aromatic rings. The number of halogens is 1. The molecule has 0 aliphatic heterocycles. The second-order valence-electron chi connectivity index (χ2n) is 2.67. The van der Waals surface area contributed by atoms with Gasteiger partial charge in [-0.05, 0) is 23.6 Å². The van der Waals surface area contributed by atoms with Crippen LogP contribution in [-0.4, -0.2) is 6.29 Å². The highest BCUT2D eigenvalue weighted by Crippen LogP contribution is 2.16. The molecule has 0 aliphatic carbocycles. The quantitative estimate of drug-likeness (QED) is 0.628. The fourth-order valence-corrected chi connectivity index (χ4v) is 0.995. The summed E-state index contributed by atoms with van der Waals surface area (Å²) >= 11 is 0. The van der Waals surface area contributed by atoms with Crippen LogP contribution in [0.3, 0.4) is 0 Å². The summed E-state index contributed by atoms with van der Waals surface area (Å²) in [6.07, 6.45) is 2.29. The first kappa shape index (κ1) is 8.91. The molecule has 1 atom stereocenters. The molecule has 1 nitrogen and oxygen atoms in total. The zero-order valence-corrected chi connectivity index (χ0v) is 6.83. The molecule has 2 heteroatoms. The molecule has 12 heavy (non-hydrogen) atoms. The van der Waals surface area contributed by atoms with Crippen molar-refractivity contribution in [3.63, 3.8) is 0 Å². The minimum atomic E-state index is -0.253. The molecular weight excluding hydrogens is 155 g/mol. The zero-order valence-electron chi connectivity index (χ0n) is 6.83. The number of rotatable bonds is 3. The minimum absolute atomic E-state index is 0.0584. The molecule has 0 aromatic heterocycles. The summed E-state index contributed by atoms with van der Waals surface area (Å²) in [7, 11) is 0. The van der Waals surface area contributed by atoms with E-state index in [2.05, 4.69) is 0 Å². The van der Waals surface area contributed by atoms with Crippen LogP contribution >= 0.6 is 0 Å². The molecule has 0 aliphatic rings. The number of aldehydes is 1. The van der Waals surface area contributed by atoms with Crippen molar-refractivity contribution in [3.05, 3.63) is 42.1 Å². The van der Waals surface area contributed by atoms with Gasteiger partial charge in [0.2, 0.25) is 0 Å². The van der Waals surface area contributed by atoms with Gasteiger partial charge in [0, 0.05) is 6.42 Å². The molecule has 0 fully saturated rings. The summed E-state index contributed by atoms with van der Waals surface area (Å²) in [5.74, 6) is -0.194. The molecule has 0 unspecified atom stereocenters. The molecule has 0 bridgehead atoms. The fraction of sp³-hybridized carbons (Fsp3) is 0.200. The Morgan fingerprint density at radius 2 is 1.92 bits per heavy atom. The van der Waals surface area contributed by atoms with Crippen LogP contribution in [0, 0.1) is 12.2 Å². The van der Waals surface area contributed by atoms with Crippen molar-refractivity contribution in [1.82, 2.24) is 0 Å². The Bertz CT molecular complexity index is 253. The van der Waals surface area contributed by atoms with E-state index >= 15 is 0 Å². The van der Waals surface area contributed by atoms with Crippen molar-refractivity contribution >= 4 is 6.29 Å². The lowest BCUT2D eigenvalue weighted by molar-refractivity contribution is -0.105. The Balaban J connectivity index is 2.74. The maximum Gasteiger partial charge on any atom is 0.124 e. The second kappa shape index (κ2) is 4.00. The summed E-state index contributed by atoms with van der Waals surface area (Å²) in [5.41, 5.74) is 0.948. The van der Waals surface area contributed by atoms with E-state index < -0.39 is 0 Å². The Morgan fingerprint density at radius 3 is 2.42 bits per heavy atom. The summed E-state index contributed by atoms with van der Waals surface area (Å²) < 4.78 is 12.5. The predicted octanol–water partition coefficient (Wildman–Crippen LogP) is 2.33. The van der Waals surface area contributed by atoms with E-state index in [1.165, 1.54) is 18.6 Å². The van der Waals surface area contributed by atoms with Gasteiger partial charge in [-0.2, -0.15) is 0 Å². The van der Waals surface area contributed by atoms with E-state index in [1.807, 2.05) is 6.92 Å². The van der Waals surface area contributed by atoms with Crippen molar-refractivity contribution in [1.29, 1.82) is 0 Å². The summed E-state index contributed by atoms with van der Waals surface area (Å²) in [5, 5.41) is 0. The third kappa shape index (κ3) is 2.16. The van der Waals surface area contributed by atoms with Crippen LogP contribution in [-0.2, 0) is 4.79 Å². The van der Waals surface area contributed by atoms with Crippen LogP contribution in [0.2, 0.25) is 0 Å². The van der Waals surface area contributed by atoms with Gasteiger partial charge in [-0.1, -0.05) is 19.1 Å². The first-order chi connectivity index (χ1) is 5.74. The molecule has 63 valence electrons. The molecule has 0 N–H and O–H groups in total. The lowest BCUT2D eigenvalue weighted by Gasteiger charge is -2.06. The number of hydrogen-bond acceptors (Lipinski definition) is 1. The van der Waals surface area contributed by atoms with Crippen molar-refractivity contribution in [2.24, 2.45) is 0 Å². The second-order valence-corrected chi connectivity index (χ2v) is 2.67. The highest BCUT2D eigenvalue weighted by atomic mass is 19.1. The standard InChI is InChI=1S/C10H10FO/c1-8(6-7-12)9-2-4-10(11)5-3-9/h2-8H,1H3/t8-/m0/s1. The van der Waals surface area contributed by atoms with Gasteiger partial charge in [-0.15, -0.1) is 0 Å². The van der Waals surface area contributed by atoms with E-state index in [9.17, 15) is 9.18 Å². The smallest absolute Gasteiger partial charge is 0.124 e. The largest absolute Gasteiger partial charge is 0.303 e. The SMILES string of the molecule is C[C@@H]([CH]C=O)c1ccc(F)cc1. The summed E-state index contributed by atoms with van der Waals surface area (Å²) in [6, 6.07) is 6.15. The molecule has 0 spiro atoms. The molecular formula is C10H10FO. The first-order valence-electron chi connectivity index (χ1n) is 3.78. The van der Waals surface area contributed by atoms with Crippen LogP contribution in [0.1, 0.15) is 18.4 Å². The predicted molar refractivity (Wildman–Crippen MR) is 45.2 cm³/mol. The molecule has 1 radical (unpaired) electrons. The van der Waals surface area contributed by atoms with Crippen molar-refractivity contribution < 1.29 is 9.18 Å². The Kier molecular flexibility index (Phi) is 2.97. The van der Waals surface area contributed by atoms with Crippen molar-refractivity contribution in [2.45, 2.75) is 12.8 Å². The maximum absolute atomic E-state index is 12.5. The molecule has 0 saturated heterocycles. The van der Waals surface area contributed by atoms with E-state index in [0.717, 1.165) is 11.8 Å². The maximum atomic E-state index is 12.5. The van der Waals surface area contributed by atoms with Gasteiger partial charge in [0.05, 0.1) is 0 Å². The van der Waals surface area contributed by atoms with Gasteiger partial charge in [0.15, 0.2) is 0 Å². The van der Waals surface area contributed by atoms with Crippen LogP contribution in [0.4, 0.5) is 4.39 Å². The van der Waals surface area contributed by atoms with Gasteiger partial charge >= 0.3 is 0 Å². The third-order valence-electron chi connectivity index (χ3n) is 1.76. The van der Waals surface area contributed by atoms with Crippen LogP contribution < -0.4 is 0 Å². The lowest BCUT2D eigenvalue weighted by atomic mass is 9.99. The van der Waals surface area contributed by atoms with Crippen molar-refractivity contribution in [2.75, 3.05) is 0 Å². The van der Waals surface area contributed by atoms with Crippen molar-refractivity contribution in [3.8, 4) is 0 Å². The third-order valence-corrected chi connectivity index (χ3v) is 1.76. The number of carbonyl (C=O) groups is 1. The molecule has 0 amide bonds. The number of hydrogen-bond donors (Lipinski definition) is 0. The normalized spacial score (nSPS) is 12.5. The minimum Gasteiger partial charge on any atom is -0.303 e. The average molecular weight is 165 g/mol. The monoisotopic (exact) mass is 165 g/mol. The molecule has 1 aromatic carbocycles. The van der Waals surface area contributed by atoms with Gasteiger partial charge in [0.25, 0.3) is 0 Å². The number of carbonyl (C=O) groups excluding carboxylic acids is 1.